The van der Waals surface area contributed by atoms with Crippen LogP contribution in [0.1, 0.15) is 25.8 Å². The minimum absolute atomic E-state index is 0.0714. The van der Waals surface area contributed by atoms with Gasteiger partial charge in [-0.3, -0.25) is 4.79 Å². The zero-order chi connectivity index (χ0) is 16.2. The van der Waals surface area contributed by atoms with Crippen LogP contribution in [0.2, 0.25) is 0 Å². The average molecular weight is 296 g/mol. The lowest BCUT2D eigenvalue weighted by molar-refractivity contribution is -0.134. The van der Waals surface area contributed by atoms with Crippen LogP contribution in [0.15, 0.2) is 35.4 Å². The minimum Gasteiger partial charge on any atom is -0.342 e. The quantitative estimate of drug-likeness (QED) is 0.344. The average Bonchev–Trinajstić information content (AvgIpc) is 3.31. The van der Waals surface area contributed by atoms with E-state index in [4.69, 9.17) is 12.0 Å². The molecular formula is C17H20N4O. The number of hydrogen-bond acceptors (Lipinski definition) is 2. The fourth-order valence-electron chi connectivity index (χ4n) is 3.18. The summed E-state index contributed by atoms with van der Waals surface area (Å²) in [4.78, 5) is 17.7. The molecule has 1 saturated carbocycles. The molecule has 1 aliphatic carbocycles. The number of carbonyl (C=O) groups is 1. The number of benzene rings is 1. The maximum atomic E-state index is 13.0. The van der Waals surface area contributed by atoms with Crippen LogP contribution in [0.25, 0.3) is 10.4 Å². The zero-order valence-corrected chi connectivity index (χ0v) is 12.9. The van der Waals surface area contributed by atoms with Crippen molar-refractivity contribution in [3.8, 4) is 12.3 Å². The summed E-state index contributed by atoms with van der Waals surface area (Å²) in [5.41, 5.74) is 8.99. The van der Waals surface area contributed by atoms with E-state index in [1.165, 1.54) is 0 Å². The molecule has 0 unspecified atom stereocenters. The molecule has 5 nitrogen and oxygen atoms in total. The van der Waals surface area contributed by atoms with Gasteiger partial charge in [-0.15, -0.1) is 6.42 Å². The summed E-state index contributed by atoms with van der Waals surface area (Å²) in [5.74, 6) is 2.46. The molecule has 1 aromatic rings. The van der Waals surface area contributed by atoms with E-state index in [-0.39, 0.29) is 11.8 Å². The molecule has 0 radical (unpaired) electrons. The van der Waals surface area contributed by atoms with Crippen molar-refractivity contribution in [1.29, 1.82) is 0 Å². The molecule has 3 atom stereocenters. The Morgan fingerprint density at radius 2 is 2.14 bits per heavy atom. The first-order valence-electron chi connectivity index (χ1n) is 7.50. The van der Waals surface area contributed by atoms with E-state index < -0.39 is 11.5 Å². The number of likely N-dealkylation sites (N-methyl/N-ethyl adjacent to an activating group) is 1. The molecule has 0 heterocycles. The smallest absolute Gasteiger partial charge is 0.233 e. The van der Waals surface area contributed by atoms with Crippen LogP contribution in [-0.4, -0.2) is 29.9 Å². The number of azide groups is 1. The van der Waals surface area contributed by atoms with Crippen LogP contribution < -0.4 is 0 Å². The highest BCUT2D eigenvalue weighted by molar-refractivity contribution is 5.92. The number of terminal acetylenes is 1. The van der Waals surface area contributed by atoms with Crippen LogP contribution in [0.5, 0.6) is 0 Å². The second-order valence-electron chi connectivity index (χ2n) is 5.44. The normalized spacial score (nSPS) is 23.8. The largest absolute Gasteiger partial charge is 0.342 e. The zero-order valence-electron chi connectivity index (χ0n) is 12.9. The fraction of sp³-hybridized carbons (Fsp3) is 0.471. The van der Waals surface area contributed by atoms with Gasteiger partial charge < -0.3 is 4.90 Å². The minimum atomic E-state index is -0.654. The molecule has 0 N–H and O–H groups in total. The summed E-state index contributed by atoms with van der Waals surface area (Å²) in [6.07, 6.45) is 6.13. The molecule has 22 heavy (non-hydrogen) atoms. The number of amides is 1. The summed E-state index contributed by atoms with van der Waals surface area (Å²) in [6.45, 7) is 5.23. The molecule has 0 spiro atoms. The van der Waals surface area contributed by atoms with Gasteiger partial charge in [-0.2, -0.15) is 0 Å². The van der Waals surface area contributed by atoms with Gasteiger partial charge in [0, 0.05) is 18.0 Å². The fourth-order valence-corrected chi connectivity index (χ4v) is 3.18. The SMILES string of the molecule is C#C[C@@H](N=[N+]=[N-])[C@@H]1C[C@@]1(C(=O)N(CC)CC)c1ccccc1. The molecule has 2 rings (SSSR count). The summed E-state index contributed by atoms with van der Waals surface area (Å²) >= 11 is 0. The lowest BCUT2D eigenvalue weighted by Gasteiger charge is -2.27. The van der Waals surface area contributed by atoms with E-state index in [2.05, 4.69) is 15.9 Å². The van der Waals surface area contributed by atoms with E-state index in [9.17, 15) is 4.79 Å². The molecule has 0 aromatic heterocycles. The van der Waals surface area contributed by atoms with Crippen molar-refractivity contribution in [3.63, 3.8) is 0 Å². The summed E-state index contributed by atoms with van der Waals surface area (Å²) in [7, 11) is 0. The van der Waals surface area contributed by atoms with Crippen molar-refractivity contribution in [3.05, 3.63) is 46.3 Å². The van der Waals surface area contributed by atoms with Crippen molar-refractivity contribution in [1.82, 2.24) is 4.90 Å². The van der Waals surface area contributed by atoms with Gasteiger partial charge in [0.05, 0.1) is 5.41 Å². The van der Waals surface area contributed by atoms with E-state index in [1.807, 2.05) is 49.1 Å². The number of hydrogen-bond donors (Lipinski definition) is 0. The molecule has 5 heteroatoms. The van der Waals surface area contributed by atoms with Crippen LogP contribution in [-0.2, 0) is 10.2 Å². The Bertz CT molecular complexity index is 626. The van der Waals surface area contributed by atoms with Crippen molar-refractivity contribution < 1.29 is 4.79 Å². The van der Waals surface area contributed by atoms with Gasteiger partial charge >= 0.3 is 0 Å². The second kappa shape index (κ2) is 6.55. The summed E-state index contributed by atoms with van der Waals surface area (Å²) < 4.78 is 0. The highest BCUT2D eigenvalue weighted by Crippen LogP contribution is 2.57. The molecule has 0 saturated heterocycles. The standard InChI is InChI=1S/C17H20N4O/c1-4-15(19-20-18)14-12-17(14,13-10-8-7-9-11-13)16(22)21(5-2)6-3/h1,7-11,14-15H,5-6,12H2,2-3H3/t14-,15+,17+/m0/s1. The van der Waals surface area contributed by atoms with Crippen LogP contribution in [0.4, 0.5) is 0 Å². The van der Waals surface area contributed by atoms with E-state index >= 15 is 0 Å². The summed E-state index contributed by atoms with van der Waals surface area (Å²) in [5, 5.41) is 3.69. The molecule has 114 valence electrons. The summed E-state index contributed by atoms with van der Waals surface area (Å²) in [6, 6.07) is 9.06. The molecule has 1 amide bonds. The highest BCUT2D eigenvalue weighted by atomic mass is 16.2. The monoisotopic (exact) mass is 296 g/mol. The third kappa shape index (κ3) is 2.54. The Balaban J connectivity index is 2.44. The third-order valence-electron chi connectivity index (χ3n) is 4.46. The molecule has 0 bridgehead atoms. The first kappa shape index (κ1) is 15.9. The van der Waals surface area contributed by atoms with Gasteiger partial charge in [-0.1, -0.05) is 41.4 Å². The van der Waals surface area contributed by atoms with Crippen LogP contribution >= 0.6 is 0 Å². The first-order chi connectivity index (χ1) is 10.6. The Hall–Kier alpha value is -2.44. The van der Waals surface area contributed by atoms with Gasteiger partial charge in [-0.05, 0) is 37.3 Å². The predicted molar refractivity (Wildman–Crippen MR) is 85.9 cm³/mol. The van der Waals surface area contributed by atoms with E-state index in [0.717, 1.165) is 5.56 Å². The molecule has 1 fully saturated rings. The Morgan fingerprint density at radius 3 is 2.64 bits per heavy atom. The van der Waals surface area contributed by atoms with Crippen LogP contribution in [0, 0.1) is 18.3 Å². The number of nitrogens with zero attached hydrogens (tertiary/aromatic N) is 4. The lowest BCUT2D eigenvalue weighted by atomic mass is 9.89. The molecule has 0 aliphatic heterocycles. The van der Waals surface area contributed by atoms with Gasteiger partial charge in [-0.25, -0.2) is 0 Å². The maximum Gasteiger partial charge on any atom is 0.233 e. The topological polar surface area (TPSA) is 69.1 Å². The predicted octanol–water partition coefficient (Wildman–Crippen LogP) is 3.12. The van der Waals surface area contributed by atoms with Gasteiger partial charge in [0.2, 0.25) is 5.91 Å². The molecule has 1 aliphatic rings. The van der Waals surface area contributed by atoms with E-state index in [1.54, 1.807) is 0 Å². The van der Waals surface area contributed by atoms with Crippen molar-refractivity contribution in [2.45, 2.75) is 31.7 Å². The van der Waals surface area contributed by atoms with Gasteiger partial charge in [0.25, 0.3) is 0 Å². The number of rotatable bonds is 6. The Kier molecular flexibility index (Phi) is 4.75. The first-order valence-corrected chi connectivity index (χ1v) is 7.50. The van der Waals surface area contributed by atoms with Crippen LogP contribution in [0.3, 0.4) is 0 Å². The highest BCUT2D eigenvalue weighted by Gasteiger charge is 2.64. The van der Waals surface area contributed by atoms with Crippen molar-refractivity contribution in [2.24, 2.45) is 11.0 Å². The second-order valence-corrected chi connectivity index (χ2v) is 5.44. The Labute approximate surface area is 130 Å². The van der Waals surface area contributed by atoms with Gasteiger partial charge in [0.15, 0.2) is 0 Å². The lowest BCUT2D eigenvalue weighted by Crippen LogP contribution is -2.41. The Morgan fingerprint density at radius 1 is 1.50 bits per heavy atom. The van der Waals surface area contributed by atoms with E-state index in [0.29, 0.717) is 19.5 Å². The van der Waals surface area contributed by atoms with Crippen molar-refractivity contribution in [2.75, 3.05) is 13.1 Å². The maximum absolute atomic E-state index is 13.0. The molecular weight excluding hydrogens is 276 g/mol. The third-order valence-corrected chi connectivity index (χ3v) is 4.46. The number of carbonyl (C=O) groups excluding carboxylic acids is 1. The van der Waals surface area contributed by atoms with Crippen molar-refractivity contribution >= 4 is 5.91 Å². The molecule has 1 aromatic carbocycles. The van der Waals surface area contributed by atoms with Gasteiger partial charge in [0.1, 0.15) is 6.04 Å².